The zero-order valence-corrected chi connectivity index (χ0v) is 14.1. The van der Waals surface area contributed by atoms with Gasteiger partial charge in [-0.2, -0.15) is 0 Å². The molecule has 9 heteroatoms. The van der Waals surface area contributed by atoms with Crippen molar-refractivity contribution in [3.05, 3.63) is 74.8 Å². The van der Waals surface area contributed by atoms with Gasteiger partial charge >= 0.3 is 5.97 Å². The molecule has 0 saturated heterocycles. The van der Waals surface area contributed by atoms with Gasteiger partial charge in [0.2, 0.25) is 5.91 Å². The van der Waals surface area contributed by atoms with Crippen LogP contribution in [0.15, 0.2) is 48.5 Å². The van der Waals surface area contributed by atoms with Crippen LogP contribution in [0.4, 0.5) is 5.69 Å². The summed E-state index contributed by atoms with van der Waals surface area (Å²) in [5, 5.41) is 13.1. The third-order valence-electron chi connectivity index (χ3n) is 3.20. The number of benzene rings is 2. The lowest BCUT2D eigenvalue weighted by molar-refractivity contribution is -0.385. The second-order valence-electron chi connectivity index (χ2n) is 5.13. The van der Waals surface area contributed by atoms with Crippen molar-refractivity contribution in [3.8, 4) is 0 Å². The molecule has 0 aliphatic rings. The van der Waals surface area contributed by atoms with Crippen molar-refractivity contribution >= 4 is 35.1 Å². The molecule has 0 heterocycles. The van der Waals surface area contributed by atoms with Gasteiger partial charge in [-0.15, -0.1) is 0 Å². The molecule has 26 heavy (non-hydrogen) atoms. The molecule has 2 rings (SSSR count). The molecule has 1 N–H and O–H groups in total. The van der Waals surface area contributed by atoms with Crippen molar-refractivity contribution in [2.24, 2.45) is 0 Å². The van der Waals surface area contributed by atoms with E-state index in [-0.39, 0.29) is 17.0 Å². The third-order valence-corrected chi connectivity index (χ3v) is 3.43. The lowest BCUT2D eigenvalue weighted by atomic mass is 10.1. The van der Waals surface area contributed by atoms with E-state index in [2.05, 4.69) is 5.32 Å². The molecule has 0 bridgehead atoms. The lowest BCUT2D eigenvalue weighted by Gasteiger charge is -2.06. The Morgan fingerprint density at radius 3 is 2.42 bits per heavy atom. The van der Waals surface area contributed by atoms with E-state index in [9.17, 15) is 24.5 Å². The van der Waals surface area contributed by atoms with Gasteiger partial charge in [0.1, 0.15) is 5.56 Å². The number of esters is 1. The first-order valence-corrected chi connectivity index (χ1v) is 7.72. The van der Waals surface area contributed by atoms with Gasteiger partial charge in [0.05, 0.1) is 11.3 Å². The normalized spacial score (nSPS) is 10.0. The van der Waals surface area contributed by atoms with Crippen LogP contribution >= 0.6 is 11.6 Å². The summed E-state index contributed by atoms with van der Waals surface area (Å²) in [4.78, 5) is 45.5. The summed E-state index contributed by atoms with van der Waals surface area (Å²) in [6.07, 6.45) is -0.0107. The highest BCUT2D eigenvalue weighted by Gasteiger charge is 2.22. The van der Waals surface area contributed by atoms with Gasteiger partial charge in [-0.05, 0) is 17.7 Å². The van der Waals surface area contributed by atoms with Gasteiger partial charge in [-0.25, -0.2) is 4.79 Å². The van der Waals surface area contributed by atoms with E-state index in [0.717, 1.165) is 12.1 Å². The molecule has 0 unspecified atom stereocenters. The monoisotopic (exact) mass is 376 g/mol. The van der Waals surface area contributed by atoms with Crippen molar-refractivity contribution in [2.75, 3.05) is 6.61 Å². The molecule has 0 saturated carbocycles. The Hall–Kier alpha value is -3.26. The number of imide groups is 1. The summed E-state index contributed by atoms with van der Waals surface area (Å²) >= 11 is 5.66. The zero-order chi connectivity index (χ0) is 19.1. The maximum atomic E-state index is 11.9. The van der Waals surface area contributed by atoms with E-state index in [1.54, 1.807) is 30.3 Å². The molecular formula is C17H13ClN2O6. The zero-order valence-electron chi connectivity index (χ0n) is 13.3. The van der Waals surface area contributed by atoms with Crippen LogP contribution in [0.25, 0.3) is 0 Å². The standard InChI is InChI=1S/C17H13ClN2O6/c18-12-6-7-13(14(9-12)20(24)25)17(23)26-10-16(22)19-15(21)8-11-4-2-1-3-5-11/h1-7,9H,8,10H2,(H,19,21,22). The van der Waals surface area contributed by atoms with Crippen LogP contribution in [-0.2, 0) is 20.7 Å². The number of amides is 2. The van der Waals surface area contributed by atoms with Gasteiger partial charge in [-0.3, -0.25) is 25.0 Å². The molecule has 134 valence electrons. The minimum atomic E-state index is -1.07. The Morgan fingerprint density at radius 2 is 1.77 bits per heavy atom. The summed E-state index contributed by atoms with van der Waals surface area (Å²) < 4.78 is 4.72. The minimum Gasteiger partial charge on any atom is -0.452 e. The SMILES string of the molecule is O=C(COC(=O)c1ccc(Cl)cc1[N+](=O)[O-])NC(=O)Cc1ccccc1. The van der Waals surface area contributed by atoms with E-state index in [1.807, 2.05) is 0 Å². The van der Waals surface area contributed by atoms with Crippen LogP contribution in [0.1, 0.15) is 15.9 Å². The molecule has 0 aliphatic heterocycles. The molecule has 2 aromatic rings. The van der Waals surface area contributed by atoms with Crippen LogP contribution in [0.5, 0.6) is 0 Å². The van der Waals surface area contributed by atoms with E-state index in [1.165, 1.54) is 6.07 Å². The molecule has 0 fully saturated rings. The number of nitrogens with zero attached hydrogens (tertiary/aromatic N) is 1. The number of rotatable bonds is 6. The molecular weight excluding hydrogens is 364 g/mol. The largest absolute Gasteiger partial charge is 0.452 e. The number of hydrogen-bond acceptors (Lipinski definition) is 6. The summed E-state index contributed by atoms with van der Waals surface area (Å²) in [6.45, 7) is -0.751. The topological polar surface area (TPSA) is 116 Å². The number of carbonyl (C=O) groups is 3. The third kappa shape index (κ3) is 5.38. The number of nitro groups is 1. The van der Waals surface area contributed by atoms with Gasteiger partial charge in [0.25, 0.3) is 11.6 Å². The van der Waals surface area contributed by atoms with Gasteiger partial charge in [0.15, 0.2) is 6.61 Å². The number of ether oxygens (including phenoxy) is 1. The number of nitro benzene ring substituents is 1. The Balaban J connectivity index is 1.90. The predicted molar refractivity (Wildman–Crippen MR) is 91.7 cm³/mol. The minimum absolute atomic E-state index is 0.0107. The molecule has 0 aromatic heterocycles. The number of carbonyl (C=O) groups excluding carboxylic acids is 3. The van der Waals surface area contributed by atoms with Gasteiger partial charge < -0.3 is 4.74 Å². The second kappa shape index (κ2) is 8.72. The van der Waals surface area contributed by atoms with Crippen molar-refractivity contribution in [1.82, 2.24) is 5.32 Å². The Labute approximate surface area is 152 Å². The first kappa shape index (κ1) is 19.1. The maximum absolute atomic E-state index is 11.9. The van der Waals surface area contributed by atoms with E-state index in [0.29, 0.717) is 5.56 Å². The predicted octanol–water partition coefficient (Wildman–Crippen LogP) is 2.29. The van der Waals surface area contributed by atoms with Crippen LogP contribution < -0.4 is 5.32 Å². The van der Waals surface area contributed by atoms with Crippen LogP contribution in [-0.4, -0.2) is 29.3 Å². The highest BCUT2D eigenvalue weighted by atomic mass is 35.5. The van der Waals surface area contributed by atoms with Crippen molar-refractivity contribution in [3.63, 3.8) is 0 Å². The summed E-state index contributed by atoms with van der Waals surface area (Å²) in [5.74, 6) is -2.47. The summed E-state index contributed by atoms with van der Waals surface area (Å²) in [6, 6.07) is 12.2. The lowest BCUT2D eigenvalue weighted by Crippen LogP contribution is -2.35. The molecule has 0 atom stereocenters. The average Bonchev–Trinajstić information content (AvgIpc) is 2.60. The molecule has 0 aliphatic carbocycles. The van der Waals surface area contributed by atoms with E-state index >= 15 is 0 Å². The highest BCUT2D eigenvalue weighted by Crippen LogP contribution is 2.23. The first-order valence-electron chi connectivity index (χ1n) is 7.34. The number of nitrogens with one attached hydrogen (secondary N) is 1. The fourth-order valence-corrected chi connectivity index (χ4v) is 2.22. The number of hydrogen-bond donors (Lipinski definition) is 1. The van der Waals surface area contributed by atoms with Crippen molar-refractivity contribution in [1.29, 1.82) is 0 Å². The average molecular weight is 377 g/mol. The van der Waals surface area contributed by atoms with Crippen LogP contribution in [0.3, 0.4) is 0 Å². The van der Waals surface area contributed by atoms with Crippen LogP contribution in [0, 0.1) is 10.1 Å². The summed E-state index contributed by atoms with van der Waals surface area (Å²) in [7, 11) is 0. The molecule has 0 radical (unpaired) electrons. The smallest absolute Gasteiger partial charge is 0.345 e. The molecule has 0 spiro atoms. The fourth-order valence-electron chi connectivity index (χ4n) is 2.05. The van der Waals surface area contributed by atoms with Gasteiger partial charge in [0, 0.05) is 11.1 Å². The van der Waals surface area contributed by atoms with Crippen LogP contribution in [0.2, 0.25) is 5.02 Å². The summed E-state index contributed by atoms with van der Waals surface area (Å²) in [5.41, 5.74) is -0.169. The van der Waals surface area contributed by atoms with Gasteiger partial charge in [-0.1, -0.05) is 41.9 Å². The van der Waals surface area contributed by atoms with Crippen molar-refractivity contribution in [2.45, 2.75) is 6.42 Å². The quantitative estimate of drug-likeness (QED) is 0.469. The van der Waals surface area contributed by atoms with E-state index in [4.69, 9.17) is 16.3 Å². The van der Waals surface area contributed by atoms with Crippen molar-refractivity contribution < 1.29 is 24.0 Å². The first-order chi connectivity index (χ1) is 12.4. The Bertz CT molecular complexity index is 854. The highest BCUT2D eigenvalue weighted by molar-refractivity contribution is 6.31. The fraction of sp³-hybridized carbons (Fsp3) is 0.118. The maximum Gasteiger partial charge on any atom is 0.345 e. The number of halogens is 1. The van der Waals surface area contributed by atoms with E-state index < -0.39 is 35.0 Å². The molecule has 2 amide bonds. The Morgan fingerprint density at radius 1 is 1.08 bits per heavy atom. The molecule has 8 nitrogen and oxygen atoms in total. The molecule has 2 aromatic carbocycles. The second-order valence-corrected chi connectivity index (χ2v) is 5.56. The Kier molecular flexibility index (Phi) is 6.40.